The Morgan fingerprint density at radius 3 is 2.67 bits per heavy atom. The largest absolute Gasteiger partial charge is 0.370 e. The molecule has 1 rings (SSSR count). The zero-order valence-corrected chi connectivity index (χ0v) is 12.1. The molecule has 0 aromatic rings. The molecule has 106 valence electrons. The molecule has 3 nitrogen and oxygen atoms in total. The van der Waals surface area contributed by atoms with Gasteiger partial charge in [0, 0.05) is 12.0 Å². The zero-order chi connectivity index (χ0) is 13.4. The van der Waals surface area contributed by atoms with Crippen molar-refractivity contribution >= 4 is 5.91 Å². The second kappa shape index (κ2) is 7.78. The molecule has 0 radical (unpaired) electrons. The molecule has 0 aromatic heterocycles. The molecule has 1 aliphatic rings. The third-order valence-corrected chi connectivity index (χ3v) is 4.26. The van der Waals surface area contributed by atoms with Crippen molar-refractivity contribution in [1.82, 2.24) is 5.32 Å². The Balaban J connectivity index is 2.61. The number of carbonyl (C=O) groups excluding carboxylic acids is 1. The topological polar surface area (TPSA) is 55.1 Å². The van der Waals surface area contributed by atoms with Crippen molar-refractivity contribution in [2.24, 2.45) is 11.7 Å². The number of primary amides is 1. The molecule has 18 heavy (non-hydrogen) atoms. The number of nitrogens with two attached hydrogens (primary N) is 1. The second-order valence-electron chi connectivity index (χ2n) is 5.94. The molecule has 0 aromatic carbocycles. The van der Waals surface area contributed by atoms with Crippen LogP contribution in [0.1, 0.15) is 71.6 Å². The SMILES string of the molecule is CCCNC1(CC(N)=O)CCCC(CCC)CC1. The first-order chi connectivity index (χ1) is 8.62. The van der Waals surface area contributed by atoms with Crippen LogP contribution < -0.4 is 11.1 Å². The molecule has 0 bridgehead atoms. The van der Waals surface area contributed by atoms with E-state index in [2.05, 4.69) is 19.2 Å². The predicted octanol–water partition coefficient (Wildman–Crippen LogP) is 2.98. The third-order valence-electron chi connectivity index (χ3n) is 4.26. The van der Waals surface area contributed by atoms with Gasteiger partial charge in [-0.3, -0.25) is 4.79 Å². The molecule has 0 aliphatic heterocycles. The Morgan fingerprint density at radius 1 is 1.28 bits per heavy atom. The summed E-state index contributed by atoms with van der Waals surface area (Å²) < 4.78 is 0. The summed E-state index contributed by atoms with van der Waals surface area (Å²) in [6.07, 6.45) is 10.2. The van der Waals surface area contributed by atoms with Gasteiger partial charge < -0.3 is 11.1 Å². The van der Waals surface area contributed by atoms with E-state index >= 15 is 0 Å². The maximum atomic E-state index is 11.3. The van der Waals surface area contributed by atoms with Gasteiger partial charge in [-0.15, -0.1) is 0 Å². The van der Waals surface area contributed by atoms with Crippen LogP contribution in [-0.2, 0) is 4.79 Å². The number of hydrogen-bond acceptors (Lipinski definition) is 2. The van der Waals surface area contributed by atoms with E-state index in [1.807, 2.05) is 0 Å². The number of amides is 1. The maximum Gasteiger partial charge on any atom is 0.219 e. The fraction of sp³-hybridized carbons (Fsp3) is 0.933. The van der Waals surface area contributed by atoms with E-state index in [1.165, 1.54) is 32.1 Å². The Hall–Kier alpha value is -0.570. The lowest BCUT2D eigenvalue weighted by molar-refractivity contribution is -0.119. The first-order valence-electron chi connectivity index (χ1n) is 7.65. The van der Waals surface area contributed by atoms with Gasteiger partial charge in [-0.05, 0) is 38.1 Å². The van der Waals surface area contributed by atoms with Gasteiger partial charge in [0.1, 0.15) is 0 Å². The minimum atomic E-state index is -0.160. The summed E-state index contributed by atoms with van der Waals surface area (Å²) in [6, 6.07) is 0. The van der Waals surface area contributed by atoms with E-state index in [9.17, 15) is 4.79 Å². The van der Waals surface area contributed by atoms with Gasteiger partial charge in [0.2, 0.25) is 5.91 Å². The summed E-state index contributed by atoms with van der Waals surface area (Å²) in [5.74, 6) is 0.695. The summed E-state index contributed by atoms with van der Waals surface area (Å²) >= 11 is 0. The molecule has 3 heteroatoms. The van der Waals surface area contributed by atoms with Gasteiger partial charge in [-0.2, -0.15) is 0 Å². The predicted molar refractivity (Wildman–Crippen MR) is 76.3 cm³/mol. The van der Waals surface area contributed by atoms with Crippen molar-refractivity contribution in [3.8, 4) is 0 Å². The van der Waals surface area contributed by atoms with E-state index in [-0.39, 0.29) is 11.4 Å². The van der Waals surface area contributed by atoms with Crippen molar-refractivity contribution in [1.29, 1.82) is 0 Å². The smallest absolute Gasteiger partial charge is 0.219 e. The van der Waals surface area contributed by atoms with Crippen LogP contribution in [0.3, 0.4) is 0 Å². The van der Waals surface area contributed by atoms with Crippen LogP contribution in [0.5, 0.6) is 0 Å². The fourth-order valence-electron chi connectivity index (χ4n) is 3.32. The summed E-state index contributed by atoms with van der Waals surface area (Å²) in [7, 11) is 0. The normalized spacial score (nSPS) is 28.9. The molecule has 0 heterocycles. The first-order valence-corrected chi connectivity index (χ1v) is 7.65. The van der Waals surface area contributed by atoms with E-state index in [4.69, 9.17) is 5.73 Å². The molecule has 0 saturated heterocycles. The summed E-state index contributed by atoms with van der Waals surface area (Å²) in [6.45, 7) is 5.42. The van der Waals surface area contributed by atoms with Crippen LogP contribution in [0.15, 0.2) is 0 Å². The Kier molecular flexibility index (Phi) is 6.69. The average Bonchev–Trinajstić information content (AvgIpc) is 2.50. The quantitative estimate of drug-likeness (QED) is 0.686. The van der Waals surface area contributed by atoms with Gasteiger partial charge in [-0.25, -0.2) is 0 Å². The minimum Gasteiger partial charge on any atom is -0.370 e. The molecule has 2 unspecified atom stereocenters. The van der Waals surface area contributed by atoms with Crippen molar-refractivity contribution in [3.05, 3.63) is 0 Å². The van der Waals surface area contributed by atoms with Gasteiger partial charge in [0.15, 0.2) is 0 Å². The highest BCUT2D eigenvalue weighted by Gasteiger charge is 2.33. The van der Waals surface area contributed by atoms with Crippen LogP contribution in [0, 0.1) is 5.92 Å². The van der Waals surface area contributed by atoms with E-state index in [0.717, 1.165) is 31.7 Å². The van der Waals surface area contributed by atoms with E-state index < -0.39 is 0 Å². The summed E-state index contributed by atoms with van der Waals surface area (Å²) in [5.41, 5.74) is 5.44. The third kappa shape index (κ3) is 4.97. The van der Waals surface area contributed by atoms with Crippen molar-refractivity contribution in [2.75, 3.05) is 6.54 Å². The lowest BCUT2D eigenvalue weighted by Gasteiger charge is -2.33. The Morgan fingerprint density at radius 2 is 2.06 bits per heavy atom. The molecule has 0 spiro atoms. The second-order valence-corrected chi connectivity index (χ2v) is 5.94. The number of rotatable bonds is 7. The lowest BCUT2D eigenvalue weighted by Crippen LogP contribution is -2.48. The molecule has 1 amide bonds. The highest BCUT2D eigenvalue weighted by Crippen LogP contribution is 2.34. The Labute approximate surface area is 112 Å². The minimum absolute atomic E-state index is 0.00959. The summed E-state index contributed by atoms with van der Waals surface area (Å²) in [4.78, 5) is 11.3. The molecule has 1 fully saturated rings. The van der Waals surface area contributed by atoms with Gasteiger partial charge in [-0.1, -0.05) is 39.5 Å². The number of carbonyl (C=O) groups is 1. The highest BCUT2D eigenvalue weighted by atomic mass is 16.1. The number of hydrogen-bond donors (Lipinski definition) is 2. The summed E-state index contributed by atoms with van der Waals surface area (Å²) in [5, 5.41) is 3.62. The molecule has 3 N–H and O–H groups in total. The molecular formula is C15H30N2O. The van der Waals surface area contributed by atoms with Gasteiger partial charge in [0.25, 0.3) is 0 Å². The maximum absolute atomic E-state index is 11.3. The number of nitrogens with one attached hydrogen (secondary N) is 1. The average molecular weight is 254 g/mol. The molecule has 1 saturated carbocycles. The van der Waals surface area contributed by atoms with Crippen LogP contribution in [-0.4, -0.2) is 18.0 Å². The van der Waals surface area contributed by atoms with Crippen LogP contribution >= 0.6 is 0 Å². The van der Waals surface area contributed by atoms with E-state index in [0.29, 0.717) is 6.42 Å². The fourth-order valence-corrected chi connectivity index (χ4v) is 3.32. The van der Waals surface area contributed by atoms with Crippen LogP contribution in [0.25, 0.3) is 0 Å². The molecule has 1 aliphatic carbocycles. The van der Waals surface area contributed by atoms with Gasteiger partial charge >= 0.3 is 0 Å². The first kappa shape index (κ1) is 15.5. The molecular weight excluding hydrogens is 224 g/mol. The van der Waals surface area contributed by atoms with Crippen LogP contribution in [0.2, 0.25) is 0 Å². The highest BCUT2D eigenvalue weighted by molar-refractivity contribution is 5.75. The van der Waals surface area contributed by atoms with E-state index in [1.54, 1.807) is 0 Å². The van der Waals surface area contributed by atoms with Gasteiger partial charge in [0.05, 0.1) is 0 Å². The Bertz CT molecular complexity index is 255. The monoisotopic (exact) mass is 254 g/mol. The molecule has 2 atom stereocenters. The van der Waals surface area contributed by atoms with Crippen molar-refractivity contribution < 1.29 is 4.79 Å². The standard InChI is InChI=1S/C15H30N2O/c1-3-6-13-7-5-9-15(10-8-13,12-14(16)18)17-11-4-2/h13,17H,3-12H2,1-2H3,(H2,16,18). The van der Waals surface area contributed by atoms with Crippen LogP contribution in [0.4, 0.5) is 0 Å². The zero-order valence-electron chi connectivity index (χ0n) is 12.1. The van der Waals surface area contributed by atoms with Crippen molar-refractivity contribution in [3.63, 3.8) is 0 Å². The lowest BCUT2D eigenvalue weighted by atomic mass is 9.85. The van der Waals surface area contributed by atoms with Crippen molar-refractivity contribution in [2.45, 2.75) is 77.2 Å².